The lowest BCUT2D eigenvalue weighted by atomic mass is 9.99. The lowest BCUT2D eigenvalue weighted by Gasteiger charge is -2.43. The first-order valence-corrected chi connectivity index (χ1v) is 7.20. The SMILES string of the molecule is COC(=O)C1C[C@H](O)[C@@H](O)[C@@H](O[C@H]2C(O)O[C@@H](C)[C@H](O)[C@H]2O)O1. The van der Waals surface area contributed by atoms with Crippen molar-refractivity contribution >= 4 is 5.97 Å². The molecule has 134 valence electrons. The number of aliphatic hydroxyl groups excluding tert-OH is 5. The number of carbonyl (C=O) groups excluding carboxylic acids is 1. The molecule has 5 N–H and O–H groups in total. The van der Waals surface area contributed by atoms with Crippen LogP contribution < -0.4 is 0 Å². The molecule has 0 radical (unpaired) electrons. The molecule has 0 aromatic rings. The van der Waals surface area contributed by atoms with Crippen molar-refractivity contribution in [1.29, 1.82) is 0 Å². The largest absolute Gasteiger partial charge is 0.467 e. The Morgan fingerprint density at radius 1 is 1.04 bits per heavy atom. The van der Waals surface area contributed by atoms with Crippen LogP contribution >= 0.6 is 0 Å². The monoisotopic (exact) mass is 338 g/mol. The third-order valence-electron chi connectivity index (χ3n) is 3.98. The number of esters is 1. The fraction of sp³-hybridized carbons (Fsp3) is 0.923. The van der Waals surface area contributed by atoms with Crippen molar-refractivity contribution in [2.24, 2.45) is 0 Å². The molecular formula is C13H22O10. The van der Waals surface area contributed by atoms with Crippen molar-refractivity contribution < 1.29 is 49.3 Å². The van der Waals surface area contributed by atoms with Gasteiger partial charge in [-0.25, -0.2) is 4.79 Å². The van der Waals surface area contributed by atoms with E-state index in [1.165, 1.54) is 6.92 Å². The molecule has 2 unspecified atom stereocenters. The maximum absolute atomic E-state index is 11.5. The first-order valence-electron chi connectivity index (χ1n) is 7.20. The van der Waals surface area contributed by atoms with Gasteiger partial charge in [-0.15, -0.1) is 0 Å². The topological polar surface area (TPSA) is 155 Å². The Morgan fingerprint density at radius 2 is 1.70 bits per heavy atom. The maximum Gasteiger partial charge on any atom is 0.335 e. The predicted molar refractivity (Wildman–Crippen MR) is 70.7 cm³/mol. The summed E-state index contributed by atoms with van der Waals surface area (Å²) >= 11 is 0. The van der Waals surface area contributed by atoms with E-state index in [0.29, 0.717) is 0 Å². The van der Waals surface area contributed by atoms with Gasteiger partial charge >= 0.3 is 5.97 Å². The molecule has 0 amide bonds. The molecule has 2 fully saturated rings. The van der Waals surface area contributed by atoms with Gasteiger partial charge in [-0.2, -0.15) is 0 Å². The Kier molecular flexibility index (Phi) is 5.92. The summed E-state index contributed by atoms with van der Waals surface area (Å²) in [6.07, 6.45) is -12.4. The molecule has 0 saturated carbocycles. The molecule has 10 nitrogen and oxygen atoms in total. The fourth-order valence-corrected chi connectivity index (χ4v) is 2.56. The molecule has 2 aliphatic heterocycles. The zero-order valence-corrected chi connectivity index (χ0v) is 12.7. The van der Waals surface area contributed by atoms with Gasteiger partial charge in [0, 0.05) is 6.42 Å². The van der Waals surface area contributed by atoms with Crippen LogP contribution in [-0.4, -0.2) is 93.9 Å². The molecule has 0 aliphatic carbocycles. The van der Waals surface area contributed by atoms with Gasteiger partial charge in [0.05, 0.1) is 19.3 Å². The molecule has 0 bridgehead atoms. The van der Waals surface area contributed by atoms with Crippen molar-refractivity contribution in [3.8, 4) is 0 Å². The number of carbonyl (C=O) groups is 1. The zero-order chi connectivity index (χ0) is 17.3. The zero-order valence-electron chi connectivity index (χ0n) is 12.7. The van der Waals surface area contributed by atoms with E-state index in [-0.39, 0.29) is 6.42 Å². The van der Waals surface area contributed by atoms with Crippen LogP contribution in [0, 0.1) is 0 Å². The number of ether oxygens (including phenoxy) is 4. The standard InChI is InChI=1S/C13H22O10/c1-4-7(15)9(17)10(12(19)21-4)23-13-8(16)5(14)3-6(22-13)11(18)20-2/h4-10,12-17,19H,3H2,1-2H3/t4-,5-,6?,7-,8+,9+,10+,12?,13+/m0/s1. The van der Waals surface area contributed by atoms with E-state index < -0.39 is 61.3 Å². The molecule has 0 aromatic heterocycles. The van der Waals surface area contributed by atoms with Gasteiger partial charge < -0.3 is 44.5 Å². The van der Waals surface area contributed by atoms with E-state index in [0.717, 1.165) is 7.11 Å². The summed E-state index contributed by atoms with van der Waals surface area (Å²) in [7, 11) is 1.14. The van der Waals surface area contributed by atoms with E-state index in [2.05, 4.69) is 4.74 Å². The molecule has 2 heterocycles. The molecule has 2 rings (SSSR count). The summed E-state index contributed by atoms with van der Waals surface area (Å²) in [5.41, 5.74) is 0. The summed E-state index contributed by atoms with van der Waals surface area (Å²) in [6, 6.07) is 0. The highest BCUT2D eigenvalue weighted by atomic mass is 16.7. The van der Waals surface area contributed by atoms with E-state index in [1.54, 1.807) is 0 Å². The van der Waals surface area contributed by atoms with Crippen LogP contribution in [0.1, 0.15) is 13.3 Å². The molecule has 0 spiro atoms. The van der Waals surface area contributed by atoms with Crippen LogP contribution in [0.25, 0.3) is 0 Å². The summed E-state index contributed by atoms with van der Waals surface area (Å²) in [5, 5.41) is 49.3. The van der Waals surface area contributed by atoms with Gasteiger partial charge in [-0.05, 0) is 6.92 Å². The van der Waals surface area contributed by atoms with Crippen LogP contribution in [0.2, 0.25) is 0 Å². The van der Waals surface area contributed by atoms with Gasteiger partial charge in [0.15, 0.2) is 18.7 Å². The summed E-state index contributed by atoms with van der Waals surface area (Å²) in [6.45, 7) is 1.45. The number of rotatable bonds is 3. The average molecular weight is 338 g/mol. The van der Waals surface area contributed by atoms with Gasteiger partial charge in [0.1, 0.15) is 24.4 Å². The van der Waals surface area contributed by atoms with E-state index in [1.807, 2.05) is 0 Å². The maximum atomic E-state index is 11.5. The van der Waals surface area contributed by atoms with Gasteiger partial charge in [-0.1, -0.05) is 0 Å². The minimum absolute atomic E-state index is 0.195. The molecular weight excluding hydrogens is 316 g/mol. The Hall–Kier alpha value is -0.850. The molecule has 10 heteroatoms. The first-order chi connectivity index (χ1) is 10.8. The van der Waals surface area contributed by atoms with E-state index in [9.17, 15) is 30.3 Å². The first kappa shape index (κ1) is 18.5. The Balaban J connectivity index is 2.08. The normalized spacial score (nSPS) is 48.0. The predicted octanol–water partition coefficient (Wildman–Crippen LogP) is -3.16. The lowest BCUT2D eigenvalue weighted by Crippen LogP contribution is -2.61. The van der Waals surface area contributed by atoms with Crippen molar-refractivity contribution in [2.75, 3.05) is 7.11 Å². The van der Waals surface area contributed by atoms with Crippen LogP contribution in [0.3, 0.4) is 0 Å². The molecule has 23 heavy (non-hydrogen) atoms. The highest BCUT2D eigenvalue weighted by Gasteiger charge is 2.48. The van der Waals surface area contributed by atoms with Gasteiger partial charge in [0.25, 0.3) is 0 Å². The van der Waals surface area contributed by atoms with Crippen molar-refractivity contribution in [3.05, 3.63) is 0 Å². The fourth-order valence-electron chi connectivity index (χ4n) is 2.56. The minimum Gasteiger partial charge on any atom is -0.467 e. The second kappa shape index (κ2) is 7.36. The summed E-state index contributed by atoms with van der Waals surface area (Å²) < 4.78 is 20.0. The third kappa shape index (κ3) is 3.80. The minimum atomic E-state index is -1.59. The van der Waals surface area contributed by atoms with Crippen molar-refractivity contribution in [1.82, 2.24) is 0 Å². The van der Waals surface area contributed by atoms with Crippen molar-refractivity contribution in [2.45, 2.75) is 68.7 Å². The van der Waals surface area contributed by atoms with Gasteiger partial charge in [0.2, 0.25) is 0 Å². The molecule has 9 atom stereocenters. The van der Waals surface area contributed by atoms with Crippen molar-refractivity contribution in [3.63, 3.8) is 0 Å². The van der Waals surface area contributed by atoms with Crippen LogP contribution in [0.4, 0.5) is 0 Å². The molecule has 0 aromatic carbocycles. The Bertz CT molecular complexity index is 418. The molecule has 2 aliphatic rings. The van der Waals surface area contributed by atoms with Gasteiger partial charge in [-0.3, -0.25) is 0 Å². The van der Waals surface area contributed by atoms with Crippen LogP contribution in [0.15, 0.2) is 0 Å². The quantitative estimate of drug-likeness (QED) is 0.333. The van der Waals surface area contributed by atoms with Crippen LogP contribution in [0.5, 0.6) is 0 Å². The smallest absolute Gasteiger partial charge is 0.335 e. The highest BCUT2D eigenvalue weighted by molar-refractivity contribution is 5.74. The Morgan fingerprint density at radius 3 is 2.30 bits per heavy atom. The molecule has 2 saturated heterocycles. The number of methoxy groups -OCH3 is 1. The van der Waals surface area contributed by atoms with Crippen LogP contribution in [-0.2, 0) is 23.7 Å². The summed E-state index contributed by atoms with van der Waals surface area (Å²) in [4.78, 5) is 11.5. The summed E-state index contributed by atoms with van der Waals surface area (Å²) in [5.74, 6) is -0.765. The number of aliphatic hydroxyl groups is 5. The third-order valence-corrected chi connectivity index (χ3v) is 3.98. The number of hydrogen-bond acceptors (Lipinski definition) is 10. The van der Waals surface area contributed by atoms with E-state index >= 15 is 0 Å². The van der Waals surface area contributed by atoms with E-state index in [4.69, 9.17) is 14.2 Å². The average Bonchev–Trinajstić information content (AvgIpc) is 2.52. The second-order valence-corrected chi connectivity index (χ2v) is 5.62. The second-order valence-electron chi connectivity index (χ2n) is 5.62. The number of hydrogen-bond donors (Lipinski definition) is 5. The lowest BCUT2D eigenvalue weighted by molar-refractivity contribution is -0.345. The highest BCUT2D eigenvalue weighted by Crippen LogP contribution is 2.28. The Labute approximate surface area is 132 Å².